The molecule has 0 aromatic rings. The van der Waals surface area contributed by atoms with Gasteiger partial charge in [-0.15, -0.1) is 0 Å². The zero-order chi connectivity index (χ0) is 15.0. The highest BCUT2D eigenvalue weighted by atomic mass is 32.2. The summed E-state index contributed by atoms with van der Waals surface area (Å²) in [6.07, 6.45) is 1.78. The van der Waals surface area contributed by atoms with Gasteiger partial charge in [0.25, 0.3) is 0 Å². The second-order valence-corrected chi connectivity index (χ2v) is 9.97. The van der Waals surface area contributed by atoms with Crippen molar-refractivity contribution in [1.29, 1.82) is 0 Å². The van der Waals surface area contributed by atoms with E-state index in [4.69, 9.17) is 5.11 Å². The fraction of sp³-hybridized carbons (Fsp3) is 0.909. The van der Waals surface area contributed by atoms with Crippen LogP contribution in [0.5, 0.6) is 0 Å². The third kappa shape index (κ3) is 3.50. The molecule has 0 aromatic carbocycles. The summed E-state index contributed by atoms with van der Waals surface area (Å²) in [6.45, 7) is 0. The van der Waals surface area contributed by atoms with Gasteiger partial charge in [0.05, 0.1) is 23.2 Å². The number of carboxylic acid groups (broad SMARTS) is 1. The molecule has 2 rings (SSSR count). The van der Waals surface area contributed by atoms with Crippen LogP contribution in [0.4, 0.5) is 0 Å². The van der Waals surface area contributed by atoms with E-state index in [1.807, 2.05) is 0 Å². The lowest BCUT2D eigenvalue weighted by atomic mass is 9.75. The van der Waals surface area contributed by atoms with Crippen molar-refractivity contribution in [2.45, 2.75) is 49.3 Å². The van der Waals surface area contributed by atoms with Crippen LogP contribution in [-0.4, -0.2) is 50.2 Å². The molecule has 1 heterocycles. The van der Waals surface area contributed by atoms with E-state index in [9.17, 15) is 21.6 Å². The maximum Gasteiger partial charge on any atom is 0.305 e. The number of hydrogen-bond acceptors (Lipinski definition) is 5. The Kier molecular flexibility index (Phi) is 4.14. The highest BCUT2D eigenvalue weighted by Crippen LogP contribution is 2.36. The summed E-state index contributed by atoms with van der Waals surface area (Å²) in [7, 11) is -6.79. The molecule has 1 saturated carbocycles. The molecular weight excluding hydrogens is 306 g/mol. The molecule has 1 aliphatic carbocycles. The third-order valence-electron chi connectivity index (χ3n) is 4.10. The Labute approximate surface area is 118 Å². The van der Waals surface area contributed by atoms with Crippen LogP contribution in [0.3, 0.4) is 0 Å². The van der Waals surface area contributed by atoms with Crippen molar-refractivity contribution in [3.05, 3.63) is 0 Å². The first-order chi connectivity index (χ1) is 9.14. The third-order valence-corrected chi connectivity index (χ3v) is 7.88. The highest BCUT2D eigenvalue weighted by molar-refractivity contribution is 7.92. The van der Waals surface area contributed by atoms with E-state index >= 15 is 0 Å². The first kappa shape index (κ1) is 15.7. The number of sulfone groups is 1. The molecule has 1 saturated heterocycles. The van der Waals surface area contributed by atoms with Gasteiger partial charge in [0, 0.05) is 5.54 Å². The minimum Gasteiger partial charge on any atom is -0.481 e. The van der Waals surface area contributed by atoms with Crippen molar-refractivity contribution < 1.29 is 26.7 Å². The van der Waals surface area contributed by atoms with Crippen molar-refractivity contribution in [3.8, 4) is 0 Å². The quantitative estimate of drug-likeness (QED) is 0.727. The molecule has 7 nitrogen and oxygen atoms in total. The lowest BCUT2D eigenvalue weighted by Crippen LogP contribution is -2.57. The summed E-state index contributed by atoms with van der Waals surface area (Å²) in [6, 6.07) is 0. The van der Waals surface area contributed by atoms with Gasteiger partial charge in [-0.2, -0.15) is 0 Å². The minimum atomic E-state index is -3.68. The molecular formula is C11H19NO6S2. The number of sulfonamides is 1. The zero-order valence-corrected chi connectivity index (χ0v) is 12.7. The minimum absolute atomic E-state index is 0.0841. The molecule has 2 N–H and O–H groups in total. The Morgan fingerprint density at radius 3 is 2.20 bits per heavy atom. The molecule has 0 unspecified atom stereocenters. The van der Waals surface area contributed by atoms with E-state index in [1.165, 1.54) is 0 Å². The normalized spacial score (nSPS) is 25.8. The van der Waals surface area contributed by atoms with E-state index < -0.39 is 36.6 Å². The monoisotopic (exact) mass is 325 g/mol. The van der Waals surface area contributed by atoms with Crippen LogP contribution in [0.15, 0.2) is 0 Å². The van der Waals surface area contributed by atoms with Gasteiger partial charge in [-0.25, -0.2) is 21.6 Å². The summed E-state index contributed by atoms with van der Waals surface area (Å²) >= 11 is 0. The lowest BCUT2D eigenvalue weighted by molar-refractivity contribution is -0.139. The van der Waals surface area contributed by atoms with Gasteiger partial charge < -0.3 is 5.11 Å². The van der Waals surface area contributed by atoms with Crippen LogP contribution in [0.25, 0.3) is 0 Å². The highest BCUT2D eigenvalue weighted by Gasteiger charge is 2.44. The molecule has 2 aliphatic rings. The fourth-order valence-corrected chi connectivity index (χ4v) is 6.46. The van der Waals surface area contributed by atoms with Gasteiger partial charge >= 0.3 is 5.97 Å². The van der Waals surface area contributed by atoms with Gasteiger partial charge in [-0.05, 0) is 32.1 Å². The number of carboxylic acids is 1. The molecule has 0 aromatic heterocycles. The second-order valence-electron chi connectivity index (χ2n) is 5.70. The van der Waals surface area contributed by atoms with Gasteiger partial charge in [0.1, 0.15) is 9.84 Å². The Bertz CT molecular complexity index is 576. The lowest BCUT2D eigenvalue weighted by Gasteiger charge is -2.42. The predicted octanol–water partition coefficient (Wildman–Crippen LogP) is -0.120. The SMILES string of the molecule is O=C(O)CC1(NS(=O)(=O)C2CCS(=O)(=O)CC2)CCC1. The molecule has 1 aliphatic heterocycles. The largest absolute Gasteiger partial charge is 0.481 e. The molecule has 0 radical (unpaired) electrons. The Morgan fingerprint density at radius 2 is 1.80 bits per heavy atom. The van der Waals surface area contributed by atoms with E-state index in [0.29, 0.717) is 12.8 Å². The summed E-state index contributed by atoms with van der Waals surface area (Å²) in [5.74, 6) is -1.27. The number of carbonyl (C=O) groups is 1. The number of nitrogens with one attached hydrogen (secondary N) is 1. The summed E-state index contributed by atoms with van der Waals surface area (Å²) in [4.78, 5) is 10.8. The summed E-state index contributed by atoms with van der Waals surface area (Å²) in [5, 5.41) is 8.14. The average Bonchev–Trinajstić information content (AvgIpc) is 2.24. The molecule has 0 bridgehead atoms. The molecule has 116 valence electrons. The Hall–Kier alpha value is -0.670. The smallest absolute Gasteiger partial charge is 0.305 e. The topological polar surface area (TPSA) is 118 Å². The fourth-order valence-electron chi connectivity index (χ4n) is 2.77. The summed E-state index contributed by atoms with van der Waals surface area (Å²) < 4.78 is 49.8. The first-order valence-corrected chi connectivity index (χ1v) is 9.96. The molecule has 0 amide bonds. The number of rotatable bonds is 5. The van der Waals surface area contributed by atoms with Crippen LogP contribution in [0, 0.1) is 0 Å². The van der Waals surface area contributed by atoms with Crippen molar-refractivity contribution in [1.82, 2.24) is 4.72 Å². The molecule has 0 spiro atoms. The standard InChI is InChI=1S/C11H19NO6S2/c13-10(14)8-11(4-1-5-11)12-20(17,18)9-2-6-19(15,16)7-3-9/h9,12H,1-8H2,(H,13,14). The van der Waals surface area contributed by atoms with Gasteiger partial charge in [-0.3, -0.25) is 4.79 Å². The van der Waals surface area contributed by atoms with Crippen molar-refractivity contribution in [3.63, 3.8) is 0 Å². The van der Waals surface area contributed by atoms with Crippen LogP contribution >= 0.6 is 0 Å². The van der Waals surface area contributed by atoms with Crippen molar-refractivity contribution >= 4 is 25.8 Å². The van der Waals surface area contributed by atoms with Gasteiger partial charge in [0.15, 0.2) is 0 Å². The molecule has 20 heavy (non-hydrogen) atoms. The van der Waals surface area contributed by atoms with Crippen molar-refractivity contribution in [2.75, 3.05) is 11.5 Å². The first-order valence-electron chi connectivity index (χ1n) is 6.59. The predicted molar refractivity (Wildman–Crippen MR) is 72.6 cm³/mol. The molecule has 2 fully saturated rings. The Morgan fingerprint density at radius 1 is 1.25 bits per heavy atom. The second kappa shape index (κ2) is 5.27. The van der Waals surface area contributed by atoms with Crippen molar-refractivity contribution in [2.24, 2.45) is 0 Å². The van der Waals surface area contributed by atoms with Crippen LogP contribution in [-0.2, 0) is 24.7 Å². The van der Waals surface area contributed by atoms with Gasteiger partial charge in [-0.1, -0.05) is 0 Å². The number of hydrogen-bond donors (Lipinski definition) is 2. The van der Waals surface area contributed by atoms with E-state index in [0.717, 1.165) is 6.42 Å². The number of aliphatic carboxylic acids is 1. The molecule has 0 atom stereocenters. The Balaban J connectivity index is 2.06. The average molecular weight is 325 g/mol. The van der Waals surface area contributed by atoms with Crippen LogP contribution in [0.2, 0.25) is 0 Å². The van der Waals surface area contributed by atoms with Crippen LogP contribution < -0.4 is 4.72 Å². The summed E-state index contributed by atoms with van der Waals surface area (Å²) in [5.41, 5.74) is -0.874. The van der Waals surface area contributed by atoms with E-state index in [1.54, 1.807) is 0 Å². The van der Waals surface area contributed by atoms with E-state index in [2.05, 4.69) is 4.72 Å². The maximum absolute atomic E-state index is 12.3. The zero-order valence-electron chi connectivity index (χ0n) is 11.0. The van der Waals surface area contributed by atoms with Gasteiger partial charge in [0.2, 0.25) is 10.0 Å². The van der Waals surface area contributed by atoms with E-state index in [-0.39, 0.29) is 30.8 Å². The van der Waals surface area contributed by atoms with Crippen LogP contribution in [0.1, 0.15) is 38.5 Å². The maximum atomic E-state index is 12.3. The molecule has 9 heteroatoms.